The number of aromatic nitrogens is 1. The van der Waals surface area contributed by atoms with Gasteiger partial charge in [-0.3, -0.25) is 9.98 Å². The molecule has 1 atom stereocenters. The van der Waals surface area contributed by atoms with Crippen molar-refractivity contribution >= 4 is 33.4 Å². The maximum absolute atomic E-state index is 12.8. The average Bonchev–Trinajstić information content (AvgIpc) is 3.42. The number of nitrogens with zero attached hydrogens (tertiary/aromatic N) is 4. The molecule has 1 aromatic heterocycles. The summed E-state index contributed by atoms with van der Waals surface area (Å²) in [6.07, 6.45) is 8.98. The second-order valence-electron chi connectivity index (χ2n) is 7.95. The highest BCUT2D eigenvalue weighted by Gasteiger charge is 2.37. The number of piperidine rings is 1. The molecule has 0 radical (unpaired) electrons. The Labute approximate surface area is 176 Å². The number of hydrogen-bond acceptors (Lipinski definition) is 6. The van der Waals surface area contributed by atoms with Crippen LogP contribution in [-0.4, -0.2) is 48.8 Å². The Balaban J connectivity index is 1.44. The summed E-state index contributed by atoms with van der Waals surface area (Å²) in [6.45, 7) is 4.07. The van der Waals surface area contributed by atoms with E-state index >= 15 is 0 Å². The molecule has 0 amide bonds. The smallest absolute Gasteiger partial charge is 0.267 e. The second kappa shape index (κ2) is 7.14. The standard InChI is InChI=1S/C22H23N5O2S/c1-22(17-7-10-23-11-8-17)24-14-21-20(26-22)13-19(25-21)16-9-12-27(15-16)30(28,29)18-5-3-2-4-6-18/h2-6,9,12-15,17,23H,7-8,10-11H2,1H3. The van der Waals surface area contributed by atoms with Crippen LogP contribution in [0.15, 0.2) is 74.7 Å². The quantitative estimate of drug-likeness (QED) is 0.823. The fourth-order valence-corrected chi connectivity index (χ4v) is 5.40. The maximum atomic E-state index is 12.8. The van der Waals surface area contributed by atoms with Crippen molar-refractivity contribution in [2.24, 2.45) is 20.9 Å². The molecule has 1 N–H and O–H groups in total. The summed E-state index contributed by atoms with van der Waals surface area (Å²) in [4.78, 5) is 14.6. The summed E-state index contributed by atoms with van der Waals surface area (Å²) in [5, 5.41) is 3.38. The lowest BCUT2D eigenvalue weighted by atomic mass is 9.85. The van der Waals surface area contributed by atoms with Crippen LogP contribution >= 0.6 is 0 Å². The molecule has 0 spiro atoms. The van der Waals surface area contributed by atoms with E-state index in [4.69, 9.17) is 9.98 Å². The number of benzene rings is 1. The Morgan fingerprint density at radius 2 is 1.87 bits per heavy atom. The lowest BCUT2D eigenvalue weighted by Gasteiger charge is -2.35. The number of aliphatic imine (C=N–C) groups is 3. The first-order valence-electron chi connectivity index (χ1n) is 10.1. The maximum Gasteiger partial charge on any atom is 0.267 e. The summed E-state index contributed by atoms with van der Waals surface area (Å²) in [7, 11) is -3.63. The van der Waals surface area contributed by atoms with Gasteiger partial charge in [0, 0.05) is 23.9 Å². The zero-order valence-electron chi connectivity index (χ0n) is 16.7. The molecule has 3 aliphatic rings. The summed E-state index contributed by atoms with van der Waals surface area (Å²) in [5.41, 5.74) is 2.52. The van der Waals surface area contributed by atoms with E-state index in [9.17, 15) is 8.42 Å². The molecule has 2 aromatic rings. The highest BCUT2D eigenvalue weighted by Crippen LogP contribution is 2.34. The van der Waals surface area contributed by atoms with Gasteiger partial charge in [-0.15, -0.1) is 0 Å². The third-order valence-electron chi connectivity index (χ3n) is 5.97. The van der Waals surface area contributed by atoms with E-state index in [1.165, 1.54) is 3.97 Å². The summed E-state index contributed by atoms with van der Waals surface area (Å²) in [6, 6.07) is 10.2. The van der Waals surface area contributed by atoms with Gasteiger partial charge in [0.1, 0.15) is 5.71 Å². The Morgan fingerprint density at radius 3 is 2.63 bits per heavy atom. The van der Waals surface area contributed by atoms with Crippen molar-refractivity contribution in [2.75, 3.05) is 13.1 Å². The van der Waals surface area contributed by atoms with E-state index in [1.807, 2.05) is 12.3 Å². The van der Waals surface area contributed by atoms with Gasteiger partial charge in [0.15, 0.2) is 5.66 Å². The zero-order chi connectivity index (χ0) is 20.8. The van der Waals surface area contributed by atoms with Crippen LogP contribution in [-0.2, 0) is 10.0 Å². The number of nitrogens with one attached hydrogen (secondary N) is 1. The SMILES string of the molecule is CC1(C2CCNCC2)N=CC2=NC(c3ccn(S(=O)(=O)c4ccccc4)c3)=CC2=N1. The van der Waals surface area contributed by atoms with E-state index in [2.05, 4.69) is 17.2 Å². The number of fused-ring (bicyclic) bond motifs is 1. The molecule has 8 heteroatoms. The van der Waals surface area contributed by atoms with Gasteiger partial charge in [-0.05, 0) is 57.1 Å². The molecule has 1 fully saturated rings. The van der Waals surface area contributed by atoms with Gasteiger partial charge in [-0.25, -0.2) is 17.4 Å². The van der Waals surface area contributed by atoms with Crippen molar-refractivity contribution in [1.82, 2.24) is 9.29 Å². The first-order chi connectivity index (χ1) is 14.5. The van der Waals surface area contributed by atoms with Crippen molar-refractivity contribution in [1.29, 1.82) is 0 Å². The highest BCUT2D eigenvalue weighted by molar-refractivity contribution is 7.90. The minimum absolute atomic E-state index is 0.252. The van der Waals surface area contributed by atoms with Crippen LogP contribution in [0.1, 0.15) is 25.3 Å². The van der Waals surface area contributed by atoms with Crippen molar-refractivity contribution in [3.05, 3.63) is 60.4 Å². The van der Waals surface area contributed by atoms with E-state index < -0.39 is 15.7 Å². The molecule has 0 aliphatic carbocycles. The topological polar surface area (TPSA) is 88.2 Å². The monoisotopic (exact) mass is 421 g/mol. The van der Waals surface area contributed by atoms with Gasteiger partial charge in [-0.2, -0.15) is 0 Å². The molecule has 3 aliphatic heterocycles. The molecule has 1 aromatic carbocycles. The highest BCUT2D eigenvalue weighted by atomic mass is 32.2. The van der Waals surface area contributed by atoms with Crippen LogP contribution in [0, 0.1) is 5.92 Å². The molecule has 7 nitrogen and oxygen atoms in total. The largest absolute Gasteiger partial charge is 0.317 e. The van der Waals surface area contributed by atoms with Crippen LogP contribution in [0.5, 0.6) is 0 Å². The van der Waals surface area contributed by atoms with Crippen molar-refractivity contribution < 1.29 is 8.42 Å². The van der Waals surface area contributed by atoms with Gasteiger partial charge < -0.3 is 5.32 Å². The van der Waals surface area contributed by atoms with Gasteiger partial charge >= 0.3 is 0 Å². The van der Waals surface area contributed by atoms with Crippen LogP contribution in [0.4, 0.5) is 0 Å². The second-order valence-corrected chi connectivity index (χ2v) is 9.79. The third-order valence-corrected chi connectivity index (χ3v) is 7.62. The Morgan fingerprint density at radius 1 is 1.10 bits per heavy atom. The fourth-order valence-electron chi connectivity index (χ4n) is 4.18. The van der Waals surface area contributed by atoms with Crippen molar-refractivity contribution in [2.45, 2.75) is 30.3 Å². The minimum Gasteiger partial charge on any atom is -0.317 e. The van der Waals surface area contributed by atoms with E-state index in [0.29, 0.717) is 11.6 Å². The molecule has 0 saturated carbocycles. The van der Waals surface area contributed by atoms with Gasteiger partial charge in [0.25, 0.3) is 10.0 Å². The molecule has 5 rings (SSSR count). The van der Waals surface area contributed by atoms with Crippen LogP contribution < -0.4 is 5.32 Å². The predicted molar refractivity (Wildman–Crippen MR) is 119 cm³/mol. The molecule has 30 heavy (non-hydrogen) atoms. The lowest BCUT2D eigenvalue weighted by Crippen LogP contribution is -2.42. The normalized spacial score (nSPS) is 24.2. The predicted octanol–water partition coefficient (Wildman–Crippen LogP) is 2.76. The molecular weight excluding hydrogens is 398 g/mol. The van der Waals surface area contributed by atoms with Gasteiger partial charge in [0.05, 0.1) is 22.5 Å². The summed E-state index contributed by atoms with van der Waals surface area (Å²) < 4.78 is 26.9. The van der Waals surface area contributed by atoms with Gasteiger partial charge in [0.2, 0.25) is 0 Å². The fraction of sp³-hybridized carbons (Fsp3) is 0.318. The molecule has 1 saturated heterocycles. The molecule has 154 valence electrons. The first kappa shape index (κ1) is 19.1. The zero-order valence-corrected chi connectivity index (χ0v) is 17.5. The average molecular weight is 422 g/mol. The number of hydrogen-bond donors (Lipinski definition) is 1. The van der Waals surface area contributed by atoms with Crippen LogP contribution in [0.3, 0.4) is 0 Å². The molecular formula is C22H23N5O2S. The van der Waals surface area contributed by atoms with E-state index in [0.717, 1.165) is 42.9 Å². The Kier molecular flexibility index (Phi) is 4.56. The van der Waals surface area contributed by atoms with Gasteiger partial charge in [-0.1, -0.05) is 18.2 Å². The number of allylic oxidation sites excluding steroid dienone is 1. The third kappa shape index (κ3) is 3.26. The van der Waals surface area contributed by atoms with Crippen LogP contribution in [0.2, 0.25) is 0 Å². The lowest BCUT2D eigenvalue weighted by molar-refractivity contribution is 0.244. The Bertz CT molecular complexity index is 1200. The minimum atomic E-state index is -3.63. The van der Waals surface area contributed by atoms with E-state index in [-0.39, 0.29) is 4.90 Å². The van der Waals surface area contributed by atoms with Crippen molar-refractivity contribution in [3.8, 4) is 0 Å². The summed E-state index contributed by atoms with van der Waals surface area (Å²) >= 11 is 0. The summed E-state index contributed by atoms with van der Waals surface area (Å²) in [5.74, 6) is 0.401. The number of rotatable bonds is 4. The molecule has 0 bridgehead atoms. The van der Waals surface area contributed by atoms with Crippen LogP contribution in [0.25, 0.3) is 5.70 Å². The Hall–Kier alpha value is -2.84. The molecule has 1 unspecified atom stereocenters. The van der Waals surface area contributed by atoms with Crippen molar-refractivity contribution in [3.63, 3.8) is 0 Å². The van der Waals surface area contributed by atoms with E-state index in [1.54, 1.807) is 48.8 Å². The molecule has 4 heterocycles. The first-order valence-corrected chi connectivity index (χ1v) is 11.6.